The second-order valence-corrected chi connectivity index (χ2v) is 9.71. The number of aliphatic hydroxyl groups excluding tert-OH is 1. The van der Waals surface area contributed by atoms with Crippen molar-refractivity contribution in [3.8, 4) is 0 Å². The third-order valence-corrected chi connectivity index (χ3v) is 5.74. The van der Waals surface area contributed by atoms with Crippen LogP contribution in [-0.4, -0.2) is 54.0 Å². The summed E-state index contributed by atoms with van der Waals surface area (Å²) in [6, 6.07) is 9.26. The highest BCUT2D eigenvalue weighted by atomic mass is 16.6. The molecule has 4 atom stereocenters. The van der Waals surface area contributed by atoms with Crippen molar-refractivity contribution in [1.29, 1.82) is 0 Å². The zero-order valence-electron chi connectivity index (χ0n) is 20.0. The summed E-state index contributed by atoms with van der Waals surface area (Å²) in [6.45, 7) is 8.52. The molecule has 0 heterocycles. The molecule has 1 aromatic carbocycles. The van der Waals surface area contributed by atoms with Crippen molar-refractivity contribution in [2.75, 3.05) is 13.1 Å². The number of carbonyl (C=O) groups is 2. The minimum atomic E-state index is -0.827. The van der Waals surface area contributed by atoms with E-state index in [1.807, 2.05) is 51.1 Å². The number of hydrogen-bond donors (Lipinski definition) is 4. The summed E-state index contributed by atoms with van der Waals surface area (Å²) in [5, 5.41) is 20.2. The fourth-order valence-corrected chi connectivity index (χ4v) is 4.06. The SMILES string of the molecule is CCCCNC(=O)C1CCCC1NC[C@H](O)[C@@H](Cc1ccccc1)NC(=O)OC(C)(C)C. The van der Waals surface area contributed by atoms with Crippen LogP contribution in [0.2, 0.25) is 0 Å². The maximum absolute atomic E-state index is 12.5. The normalized spacial score (nSPS) is 20.4. The second-order valence-electron chi connectivity index (χ2n) is 9.71. The lowest BCUT2D eigenvalue weighted by Gasteiger charge is -2.28. The van der Waals surface area contributed by atoms with Gasteiger partial charge < -0.3 is 25.8 Å². The Kier molecular flexibility index (Phi) is 10.5. The molecule has 7 nitrogen and oxygen atoms in total. The Balaban J connectivity index is 1.96. The Morgan fingerprint density at radius 3 is 2.56 bits per heavy atom. The summed E-state index contributed by atoms with van der Waals surface area (Å²) < 4.78 is 5.39. The lowest BCUT2D eigenvalue weighted by Crippen LogP contribution is -2.52. The van der Waals surface area contributed by atoms with Crippen LogP contribution in [0.5, 0.6) is 0 Å². The number of unbranched alkanes of at least 4 members (excludes halogenated alkanes) is 1. The quantitative estimate of drug-likeness (QED) is 0.391. The van der Waals surface area contributed by atoms with E-state index in [0.29, 0.717) is 13.0 Å². The van der Waals surface area contributed by atoms with E-state index in [2.05, 4.69) is 22.9 Å². The van der Waals surface area contributed by atoms with Gasteiger partial charge >= 0.3 is 6.09 Å². The average molecular weight is 448 g/mol. The molecule has 2 rings (SSSR count). The van der Waals surface area contributed by atoms with Crippen LogP contribution in [0.25, 0.3) is 0 Å². The predicted molar refractivity (Wildman–Crippen MR) is 126 cm³/mol. The van der Waals surface area contributed by atoms with Crippen LogP contribution in [0, 0.1) is 5.92 Å². The van der Waals surface area contributed by atoms with Crippen molar-refractivity contribution < 1.29 is 19.4 Å². The molecule has 4 N–H and O–H groups in total. The van der Waals surface area contributed by atoms with Crippen LogP contribution >= 0.6 is 0 Å². The van der Waals surface area contributed by atoms with Gasteiger partial charge in [-0.3, -0.25) is 4.79 Å². The average Bonchev–Trinajstić information content (AvgIpc) is 3.20. The first-order valence-corrected chi connectivity index (χ1v) is 11.9. The van der Waals surface area contributed by atoms with E-state index >= 15 is 0 Å². The van der Waals surface area contributed by atoms with E-state index in [-0.39, 0.29) is 24.4 Å². The molecular formula is C25H41N3O4. The smallest absolute Gasteiger partial charge is 0.407 e. The summed E-state index contributed by atoms with van der Waals surface area (Å²) in [5.41, 5.74) is 0.397. The van der Waals surface area contributed by atoms with Gasteiger partial charge in [-0.05, 0) is 52.0 Å². The number of aliphatic hydroxyl groups is 1. The molecule has 1 aromatic rings. The Hall–Kier alpha value is -2.12. The van der Waals surface area contributed by atoms with Crippen molar-refractivity contribution in [3.63, 3.8) is 0 Å². The monoisotopic (exact) mass is 447 g/mol. The Bertz CT molecular complexity index is 705. The second kappa shape index (κ2) is 12.8. The molecule has 0 aromatic heterocycles. The van der Waals surface area contributed by atoms with Gasteiger partial charge in [-0.25, -0.2) is 4.79 Å². The first-order chi connectivity index (χ1) is 15.2. The van der Waals surface area contributed by atoms with Gasteiger partial charge in [0.25, 0.3) is 0 Å². The standard InChI is InChI=1S/C25H41N3O4/c1-5-6-15-26-23(30)19-13-10-14-20(19)27-17-22(29)21(16-18-11-8-7-9-12-18)28-24(31)32-25(2,3)4/h7-9,11-12,19-22,27,29H,5-6,10,13-17H2,1-4H3,(H,26,30)(H,28,31)/t19?,20?,21-,22+/m1/s1. The van der Waals surface area contributed by atoms with E-state index in [1.54, 1.807) is 0 Å². The van der Waals surface area contributed by atoms with E-state index in [0.717, 1.165) is 37.7 Å². The Morgan fingerprint density at radius 1 is 1.19 bits per heavy atom. The van der Waals surface area contributed by atoms with E-state index < -0.39 is 23.8 Å². The number of nitrogens with one attached hydrogen (secondary N) is 3. The number of ether oxygens (including phenoxy) is 1. The molecule has 7 heteroatoms. The fraction of sp³-hybridized carbons (Fsp3) is 0.680. The topological polar surface area (TPSA) is 99.7 Å². The van der Waals surface area contributed by atoms with Crippen LogP contribution in [-0.2, 0) is 16.0 Å². The lowest BCUT2D eigenvalue weighted by atomic mass is 9.99. The van der Waals surface area contributed by atoms with Crippen LogP contribution in [0.4, 0.5) is 4.79 Å². The molecule has 0 spiro atoms. The number of alkyl carbamates (subject to hydrolysis) is 1. The van der Waals surface area contributed by atoms with Crippen LogP contribution in [0.15, 0.2) is 30.3 Å². The number of hydrogen-bond acceptors (Lipinski definition) is 5. The number of amides is 2. The Morgan fingerprint density at radius 2 is 1.91 bits per heavy atom. The third-order valence-electron chi connectivity index (χ3n) is 5.74. The third kappa shape index (κ3) is 9.17. The maximum atomic E-state index is 12.5. The van der Waals surface area contributed by atoms with Gasteiger partial charge in [-0.2, -0.15) is 0 Å². The molecule has 0 radical (unpaired) electrons. The highest BCUT2D eigenvalue weighted by Crippen LogP contribution is 2.26. The van der Waals surface area contributed by atoms with Crippen LogP contribution in [0.3, 0.4) is 0 Å². The molecule has 32 heavy (non-hydrogen) atoms. The van der Waals surface area contributed by atoms with Gasteiger partial charge in [0.05, 0.1) is 18.1 Å². The summed E-state index contributed by atoms with van der Waals surface area (Å²) in [4.78, 5) is 24.9. The molecule has 0 aliphatic heterocycles. The van der Waals surface area contributed by atoms with E-state index in [1.165, 1.54) is 0 Å². The van der Waals surface area contributed by atoms with Gasteiger partial charge in [-0.15, -0.1) is 0 Å². The van der Waals surface area contributed by atoms with Crippen molar-refractivity contribution in [1.82, 2.24) is 16.0 Å². The molecule has 1 fully saturated rings. The van der Waals surface area contributed by atoms with Gasteiger partial charge in [0, 0.05) is 19.1 Å². The first kappa shape index (κ1) is 26.1. The summed E-state index contributed by atoms with van der Waals surface area (Å²) in [5.74, 6) is 0.0149. The minimum Gasteiger partial charge on any atom is -0.444 e. The first-order valence-electron chi connectivity index (χ1n) is 11.9. The highest BCUT2D eigenvalue weighted by molar-refractivity contribution is 5.79. The van der Waals surface area contributed by atoms with Crippen molar-refractivity contribution >= 4 is 12.0 Å². The van der Waals surface area contributed by atoms with E-state index in [9.17, 15) is 14.7 Å². The van der Waals surface area contributed by atoms with Crippen molar-refractivity contribution in [3.05, 3.63) is 35.9 Å². The zero-order chi connectivity index (χ0) is 23.6. The van der Waals surface area contributed by atoms with Gasteiger partial charge in [-0.1, -0.05) is 50.1 Å². The zero-order valence-corrected chi connectivity index (χ0v) is 20.0. The van der Waals surface area contributed by atoms with Gasteiger partial charge in [0.2, 0.25) is 5.91 Å². The highest BCUT2D eigenvalue weighted by Gasteiger charge is 2.33. The number of rotatable bonds is 11. The molecule has 1 aliphatic carbocycles. The lowest BCUT2D eigenvalue weighted by molar-refractivity contribution is -0.125. The van der Waals surface area contributed by atoms with Crippen LogP contribution < -0.4 is 16.0 Å². The fourth-order valence-electron chi connectivity index (χ4n) is 4.06. The molecule has 180 valence electrons. The maximum Gasteiger partial charge on any atom is 0.407 e. The summed E-state index contributed by atoms with van der Waals surface area (Å²) in [6.07, 6.45) is 3.88. The van der Waals surface area contributed by atoms with Crippen molar-refractivity contribution in [2.45, 2.75) is 90.0 Å². The van der Waals surface area contributed by atoms with E-state index in [4.69, 9.17) is 4.74 Å². The molecule has 0 bridgehead atoms. The molecule has 1 saturated carbocycles. The molecule has 2 unspecified atom stereocenters. The Labute approximate surface area is 192 Å². The number of carbonyl (C=O) groups excluding carboxylic acids is 2. The predicted octanol–water partition coefficient (Wildman–Crippen LogP) is 3.16. The molecule has 0 saturated heterocycles. The molecule has 1 aliphatic rings. The van der Waals surface area contributed by atoms with Crippen LogP contribution in [0.1, 0.15) is 65.4 Å². The number of benzene rings is 1. The molecular weight excluding hydrogens is 406 g/mol. The van der Waals surface area contributed by atoms with Crippen molar-refractivity contribution in [2.24, 2.45) is 5.92 Å². The summed E-state index contributed by atoms with van der Waals surface area (Å²) >= 11 is 0. The molecule has 2 amide bonds. The van der Waals surface area contributed by atoms with Gasteiger partial charge in [0.1, 0.15) is 5.60 Å². The minimum absolute atomic E-state index is 0.0326. The van der Waals surface area contributed by atoms with Gasteiger partial charge in [0.15, 0.2) is 0 Å². The summed E-state index contributed by atoms with van der Waals surface area (Å²) in [7, 11) is 0. The largest absolute Gasteiger partial charge is 0.444 e.